The summed E-state index contributed by atoms with van der Waals surface area (Å²) in [7, 11) is 4.30. The molecule has 0 aromatic heterocycles. The first kappa shape index (κ1) is 15.5. The van der Waals surface area contributed by atoms with Crippen LogP contribution in [-0.2, 0) is 9.53 Å². The molecule has 0 aliphatic carbocycles. The third-order valence-electron chi connectivity index (χ3n) is 2.22. The molecule has 0 aliphatic rings. The molecule has 0 radical (unpaired) electrons. The van der Waals surface area contributed by atoms with E-state index in [1.54, 1.807) is 18.2 Å². The van der Waals surface area contributed by atoms with Gasteiger partial charge in [-0.2, -0.15) is 0 Å². The third kappa shape index (κ3) is 3.25. The second-order valence-electron chi connectivity index (χ2n) is 3.08. The van der Waals surface area contributed by atoms with Gasteiger partial charge in [0.25, 0.3) is 0 Å². The smallest absolute Gasteiger partial charge is 0.327 e. The van der Waals surface area contributed by atoms with Crippen LogP contribution in [0, 0.1) is 0 Å². The van der Waals surface area contributed by atoms with Crippen molar-refractivity contribution < 1.29 is 19.0 Å². The van der Waals surface area contributed by atoms with Crippen molar-refractivity contribution in [2.45, 2.75) is 6.04 Å². The lowest BCUT2D eigenvalue weighted by molar-refractivity contribution is -0.142. The number of methoxy groups -OCH3 is 3. The maximum atomic E-state index is 11.3. The summed E-state index contributed by atoms with van der Waals surface area (Å²) >= 11 is 0. The van der Waals surface area contributed by atoms with Crippen LogP contribution in [0.15, 0.2) is 18.2 Å². The number of esters is 1. The standard InChI is InChI=1S/C11H15NO4.ClH/c1-14-8-6-4-5-7(10(8)15-2)9(12)11(13)16-3;/h4-6,9H,12H2,1-3H3;1H/t9-;/m1./s1. The van der Waals surface area contributed by atoms with Crippen molar-refractivity contribution in [1.29, 1.82) is 0 Å². The average molecular weight is 262 g/mol. The third-order valence-corrected chi connectivity index (χ3v) is 2.22. The van der Waals surface area contributed by atoms with Crippen molar-refractivity contribution in [3.8, 4) is 11.5 Å². The molecule has 17 heavy (non-hydrogen) atoms. The van der Waals surface area contributed by atoms with Crippen molar-refractivity contribution in [3.63, 3.8) is 0 Å². The van der Waals surface area contributed by atoms with Gasteiger partial charge in [0.05, 0.1) is 21.3 Å². The van der Waals surface area contributed by atoms with Crippen LogP contribution in [0.25, 0.3) is 0 Å². The van der Waals surface area contributed by atoms with Gasteiger partial charge >= 0.3 is 5.97 Å². The topological polar surface area (TPSA) is 70.8 Å². The first-order valence-corrected chi connectivity index (χ1v) is 4.70. The van der Waals surface area contributed by atoms with E-state index in [1.807, 2.05) is 0 Å². The number of benzene rings is 1. The lowest BCUT2D eigenvalue weighted by Crippen LogP contribution is -2.23. The van der Waals surface area contributed by atoms with Crippen LogP contribution in [0.5, 0.6) is 11.5 Å². The molecule has 5 nitrogen and oxygen atoms in total. The van der Waals surface area contributed by atoms with Gasteiger partial charge in [-0.15, -0.1) is 12.4 Å². The average Bonchev–Trinajstić information content (AvgIpc) is 2.35. The highest BCUT2D eigenvalue weighted by atomic mass is 35.5. The van der Waals surface area contributed by atoms with E-state index in [-0.39, 0.29) is 12.4 Å². The Bertz CT molecular complexity index is 384. The van der Waals surface area contributed by atoms with Crippen LogP contribution in [0.3, 0.4) is 0 Å². The molecule has 0 unspecified atom stereocenters. The predicted octanol–water partition coefficient (Wildman–Crippen LogP) is 1.30. The fraction of sp³-hybridized carbons (Fsp3) is 0.364. The normalized spacial score (nSPS) is 11.1. The molecule has 0 bridgehead atoms. The largest absolute Gasteiger partial charge is 0.493 e. The minimum atomic E-state index is -0.880. The lowest BCUT2D eigenvalue weighted by atomic mass is 10.1. The first-order chi connectivity index (χ1) is 7.65. The zero-order valence-electron chi connectivity index (χ0n) is 9.93. The second kappa shape index (κ2) is 6.98. The number of rotatable bonds is 4. The number of halogens is 1. The van der Waals surface area contributed by atoms with Crippen molar-refractivity contribution in [2.24, 2.45) is 5.73 Å². The van der Waals surface area contributed by atoms with E-state index >= 15 is 0 Å². The van der Waals surface area contributed by atoms with Crippen molar-refractivity contribution in [1.82, 2.24) is 0 Å². The van der Waals surface area contributed by atoms with Gasteiger partial charge in [0.15, 0.2) is 11.5 Å². The zero-order valence-corrected chi connectivity index (χ0v) is 10.7. The SMILES string of the molecule is COC(=O)[C@H](N)c1cccc(OC)c1OC.Cl. The summed E-state index contributed by atoms with van der Waals surface area (Å²) in [5.74, 6) is 0.453. The van der Waals surface area contributed by atoms with Crippen LogP contribution in [0.1, 0.15) is 11.6 Å². The van der Waals surface area contributed by atoms with E-state index in [2.05, 4.69) is 4.74 Å². The van der Waals surface area contributed by atoms with E-state index < -0.39 is 12.0 Å². The highest BCUT2D eigenvalue weighted by molar-refractivity contribution is 5.85. The van der Waals surface area contributed by atoms with E-state index in [0.717, 1.165) is 0 Å². The second-order valence-corrected chi connectivity index (χ2v) is 3.08. The molecule has 0 spiro atoms. The molecule has 1 atom stereocenters. The Kier molecular flexibility index (Phi) is 6.38. The zero-order chi connectivity index (χ0) is 12.1. The maximum absolute atomic E-state index is 11.3. The molecule has 2 N–H and O–H groups in total. The fourth-order valence-electron chi connectivity index (χ4n) is 1.41. The van der Waals surface area contributed by atoms with Crippen molar-refractivity contribution >= 4 is 18.4 Å². The summed E-state index contributed by atoms with van der Waals surface area (Å²) in [6.07, 6.45) is 0. The van der Waals surface area contributed by atoms with Crippen LogP contribution in [-0.4, -0.2) is 27.3 Å². The molecule has 1 rings (SSSR count). The molecule has 0 aliphatic heterocycles. The number of carbonyl (C=O) groups is 1. The fourth-order valence-corrected chi connectivity index (χ4v) is 1.41. The molecule has 1 aromatic rings. The molecule has 1 aromatic carbocycles. The Morgan fingerprint density at radius 3 is 2.35 bits per heavy atom. The quantitative estimate of drug-likeness (QED) is 0.827. The molecule has 0 heterocycles. The molecule has 6 heteroatoms. The number of carbonyl (C=O) groups excluding carboxylic acids is 1. The van der Waals surface area contributed by atoms with Gasteiger partial charge in [-0.25, -0.2) is 0 Å². The van der Waals surface area contributed by atoms with E-state index in [1.165, 1.54) is 21.3 Å². The Labute approximate surface area is 106 Å². The molecular weight excluding hydrogens is 246 g/mol. The van der Waals surface area contributed by atoms with E-state index in [9.17, 15) is 4.79 Å². The van der Waals surface area contributed by atoms with Gasteiger partial charge in [-0.05, 0) is 6.07 Å². The van der Waals surface area contributed by atoms with Gasteiger partial charge in [0.1, 0.15) is 6.04 Å². The van der Waals surface area contributed by atoms with Gasteiger partial charge in [-0.3, -0.25) is 4.79 Å². The Balaban J connectivity index is 0.00000256. The Hall–Kier alpha value is -1.46. The van der Waals surface area contributed by atoms with Crippen LogP contribution >= 0.6 is 12.4 Å². The lowest BCUT2D eigenvalue weighted by Gasteiger charge is -2.15. The molecule has 0 fully saturated rings. The van der Waals surface area contributed by atoms with Crippen LogP contribution < -0.4 is 15.2 Å². The number of nitrogens with two attached hydrogens (primary N) is 1. The van der Waals surface area contributed by atoms with Crippen LogP contribution in [0.4, 0.5) is 0 Å². The molecular formula is C11H16ClNO4. The summed E-state index contributed by atoms with van der Waals surface area (Å²) in [6.45, 7) is 0. The molecule has 0 amide bonds. The predicted molar refractivity (Wildman–Crippen MR) is 65.7 cm³/mol. The van der Waals surface area contributed by atoms with E-state index in [0.29, 0.717) is 17.1 Å². The first-order valence-electron chi connectivity index (χ1n) is 4.70. The maximum Gasteiger partial charge on any atom is 0.327 e. The Morgan fingerprint density at radius 2 is 1.88 bits per heavy atom. The summed E-state index contributed by atoms with van der Waals surface area (Å²) in [5.41, 5.74) is 6.27. The Morgan fingerprint density at radius 1 is 1.24 bits per heavy atom. The van der Waals surface area contributed by atoms with Gasteiger partial charge in [-0.1, -0.05) is 12.1 Å². The van der Waals surface area contributed by atoms with Gasteiger partial charge < -0.3 is 19.9 Å². The summed E-state index contributed by atoms with van der Waals surface area (Å²) < 4.78 is 14.9. The van der Waals surface area contributed by atoms with E-state index in [4.69, 9.17) is 15.2 Å². The molecule has 96 valence electrons. The summed E-state index contributed by atoms with van der Waals surface area (Å²) in [6, 6.07) is 4.28. The highest BCUT2D eigenvalue weighted by Gasteiger charge is 2.22. The molecule has 0 saturated heterocycles. The molecule has 0 saturated carbocycles. The van der Waals surface area contributed by atoms with Crippen molar-refractivity contribution in [2.75, 3.05) is 21.3 Å². The summed E-state index contributed by atoms with van der Waals surface area (Å²) in [5, 5.41) is 0. The minimum Gasteiger partial charge on any atom is -0.493 e. The van der Waals surface area contributed by atoms with Crippen molar-refractivity contribution in [3.05, 3.63) is 23.8 Å². The monoisotopic (exact) mass is 261 g/mol. The summed E-state index contributed by atoms with van der Waals surface area (Å²) in [4.78, 5) is 11.3. The number of hydrogen-bond donors (Lipinski definition) is 1. The van der Waals surface area contributed by atoms with Crippen LogP contribution in [0.2, 0.25) is 0 Å². The highest BCUT2D eigenvalue weighted by Crippen LogP contribution is 2.33. The number of para-hydroxylation sites is 1. The number of ether oxygens (including phenoxy) is 3. The minimum absolute atomic E-state index is 0. The van der Waals surface area contributed by atoms with Gasteiger partial charge in [0.2, 0.25) is 0 Å². The number of hydrogen-bond acceptors (Lipinski definition) is 5. The van der Waals surface area contributed by atoms with Gasteiger partial charge in [0, 0.05) is 5.56 Å².